The first-order valence-corrected chi connectivity index (χ1v) is 13.0. The molecule has 186 valence electrons. The van der Waals surface area contributed by atoms with Crippen LogP contribution in [0.2, 0.25) is 0 Å². The van der Waals surface area contributed by atoms with Crippen LogP contribution < -0.4 is 5.32 Å². The van der Waals surface area contributed by atoms with Crippen molar-refractivity contribution in [3.05, 3.63) is 29.8 Å². The molecule has 1 aromatic rings. The summed E-state index contributed by atoms with van der Waals surface area (Å²) in [5.41, 5.74) is -0.983. The maximum atomic E-state index is 13.5. The van der Waals surface area contributed by atoms with Crippen LogP contribution >= 0.6 is 0 Å². The largest absolute Gasteiger partial charge is 0.416 e. The van der Waals surface area contributed by atoms with Crippen LogP contribution in [0.1, 0.15) is 57.9 Å². The van der Waals surface area contributed by atoms with Gasteiger partial charge in [0.15, 0.2) is 0 Å². The van der Waals surface area contributed by atoms with Crippen molar-refractivity contribution < 1.29 is 26.4 Å². The normalized spacial score (nSPS) is 21.0. The Bertz CT molecular complexity index is 932. The number of rotatable bonds is 9. The molecule has 1 saturated carbocycles. The first kappa shape index (κ1) is 26.0. The molecule has 1 N–H and O–H groups in total. The zero-order valence-electron chi connectivity index (χ0n) is 19.4. The van der Waals surface area contributed by atoms with Gasteiger partial charge in [-0.25, -0.2) is 8.42 Å². The minimum absolute atomic E-state index is 0.0214. The maximum Gasteiger partial charge on any atom is 0.416 e. The van der Waals surface area contributed by atoms with Gasteiger partial charge < -0.3 is 10.2 Å². The van der Waals surface area contributed by atoms with Crippen molar-refractivity contribution in [3.63, 3.8) is 0 Å². The Morgan fingerprint density at radius 3 is 2.48 bits per heavy atom. The van der Waals surface area contributed by atoms with Crippen molar-refractivity contribution in [1.82, 2.24) is 14.5 Å². The fourth-order valence-corrected chi connectivity index (χ4v) is 6.51. The van der Waals surface area contributed by atoms with E-state index < -0.39 is 27.8 Å². The van der Waals surface area contributed by atoms with Crippen molar-refractivity contribution >= 4 is 15.9 Å². The SMILES string of the molecule is CN[C@H](CC(=O)N1CCC[C@H](N(C2CC2)S(=O)(=O)c2cccc(C(F)(F)F)c2)C1)CC(C)C. The number of benzene rings is 1. The molecule has 0 spiro atoms. The quantitative estimate of drug-likeness (QED) is 0.572. The summed E-state index contributed by atoms with van der Waals surface area (Å²) in [7, 11) is -2.30. The molecule has 6 nitrogen and oxygen atoms in total. The van der Waals surface area contributed by atoms with E-state index in [-0.39, 0.29) is 29.4 Å². The van der Waals surface area contributed by atoms with E-state index in [1.54, 1.807) is 4.90 Å². The number of halogens is 3. The lowest BCUT2D eigenvalue weighted by molar-refractivity contribution is -0.137. The fourth-order valence-electron chi connectivity index (χ4n) is 4.58. The third-order valence-electron chi connectivity index (χ3n) is 6.34. The van der Waals surface area contributed by atoms with Gasteiger partial charge >= 0.3 is 6.18 Å². The van der Waals surface area contributed by atoms with E-state index in [0.717, 1.165) is 18.6 Å². The van der Waals surface area contributed by atoms with Gasteiger partial charge in [0.1, 0.15) is 0 Å². The number of alkyl halides is 3. The molecule has 0 bridgehead atoms. The van der Waals surface area contributed by atoms with Crippen LogP contribution in [0.25, 0.3) is 0 Å². The lowest BCUT2D eigenvalue weighted by Crippen LogP contribution is -2.53. The molecule has 0 radical (unpaired) electrons. The fraction of sp³-hybridized carbons (Fsp3) is 0.696. The second-order valence-electron chi connectivity index (χ2n) is 9.55. The summed E-state index contributed by atoms with van der Waals surface area (Å²) in [6, 6.07) is 3.31. The third kappa shape index (κ3) is 6.48. The topological polar surface area (TPSA) is 69.7 Å². The lowest BCUT2D eigenvalue weighted by atomic mass is 9.99. The first-order chi connectivity index (χ1) is 15.4. The van der Waals surface area contributed by atoms with Gasteiger partial charge in [0.25, 0.3) is 0 Å². The molecule has 10 heteroatoms. The summed E-state index contributed by atoms with van der Waals surface area (Å²) in [6.45, 7) is 5.02. The van der Waals surface area contributed by atoms with Gasteiger partial charge in [-0.15, -0.1) is 0 Å². The number of nitrogens with zero attached hydrogens (tertiary/aromatic N) is 2. The highest BCUT2D eigenvalue weighted by atomic mass is 32.2. The van der Waals surface area contributed by atoms with Crippen LogP contribution in [0.15, 0.2) is 29.2 Å². The van der Waals surface area contributed by atoms with Gasteiger partial charge in [-0.3, -0.25) is 4.79 Å². The molecular formula is C23H34F3N3O3S. The molecule has 2 aliphatic rings. The maximum absolute atomic E-state index is 13.5. The molecule has 1 aliphatic heterocycles. The van der Waals surface area contributed by atoms with Gasteiger partial charge in [-0.2, -0.15) is 17.5 Å². The standard InChI is InChI=1S/C23H34F3N3O3S/c1-16(2)12-18(27-3)14-22(30)28-11-5-7-20(15-28)29(19-9-10-19)33(31,32)21-8-4-6-17(13-21)23(24,25)26/h4,6,8,13,16,18-20,27H,5,7,9-12,14-15H2,1-3H3/t18-,20-/m0/s1. The summed E-state index contributed by atoms with van der Waals surface area (Å²) in [4.78, 5) is 14.3. The molecular weight excluding hydrogens is 455 g/mol. The lowest BCUT2D eigenvalue weighted by Gasteiger charge is -2.39. The highest BCUT2D eigenvalue weighted by Gasteiger charge is 2.45. The van der Waals surface area contributed by atoms with Crippen LogP contribution in [0.5, 0.6) is 0 Å². The van der Waals surface area contributed by atoms with Crippen molar-refractivity contribution in [2.24, 2.45) is 5.92 Å². The Labute approximate surface area is 194 Å². The zero-order chi connectivity index (χ0) is 24.4. The van der Waals surface area contributed by atoms with Crippen LogP contribution in [0.4, 0.5) is 13.2 Å². The Hall–Kier alpha value is -1.65. The average Bonchev–Trinajstić information content (AvgIpc) is 3.57. The van der Waals surface area contributed by atoms with E-state index in [1.807, 2.05) is 7.05 Å². The summed E-state index contributed by atoms with van der Waals surface area (Å²) in [5.74, 6) is 0.416. The smallest absolute Gasteiger partial charge is 0.341 e. The highest BCUT2D eigenvalue weighted by molar-refractivity contribution is 7.89. The number of carbonyl (C=O) groups excluding carboxylic acids is 1. The average molecular weight is 490 g/mol. The predicted molar refractivity (Wildman–Crippen MR) is 120 cm³/mol. The molecule has 1 aromatic carbocycles. The molecule has 1 aliphatic carbocycles. The Morgan fingerprint density at radius 1 is 1.21 bits per heavy atom. The minimum atomic E-state index is -4.62. The predicted octanol–water partition coefficient (Wildman–Crippen LogP) is 3.87. The molecule has 0 aromatic heterocycles. The van der Waals surface area contributed by atoms with E-state index in [0.29, 0.717) is 50.6 Å². The van der Waals surface area contributed by atoms with Crippen LogP contribution in [-0.2, 0) is 21.0 Å². The van der Waals surface area contributed by atoms with Crippen molar-refractivity contribution in [3.8, 4) is 0 Å². The Kier molecular flexibility index (Phi) is 8.11. The molecule has 3 rings (SSSR count). The zero-order valence-corrected chi connectivity index (χ0v) is 20.3. The van der Waals surface area contributed by atoms with Crippen LogP contribution in [0, 0.1) is 5.92 Å². The van der Waals surface area contributed by atoms with Crippen LogP contribution in [-0.4, -0.2) is 61.8 Å². The van der Waals surface area contributed by atoms with Gasteiger partial charge in [-0.1, -0.05) is 19.9 Å². The number of piperidine rings is 1. The van der Waals surface area contributed by atoms with Gasteiger partial charge in [-0.05, 0) is 63.3 Å². The molecule has 1 amide bonds. The first-order valence-electron chi connectivity index (χ1n) is 11.6. The van der Waals surface area contributed by atoms with E-state index in [1.165, 1.54) is 10.4 Å². The minimum Gasteiger partial charge on any atom is -0.341 e. The monoisotopic (exact) mass is 489 g/mol. The molecule has 0 unspecified atom stereocenters. The van der Waals surface area contributed by atoms with Gasteiger partial charge in [0.2, 0.25) is 15.9 Å². The molecule has 2 atom stereocenters. The van der Waals surface area contributed by atoms with Crippen molar-refractivity contribution in [2.75, 3.05) is 20.1 Å². The number of nitrogens with one attached hydrogen (secondary N) is 1. The number of hydrogen-bond acceptors (Lipinski definition) is 4. The number of carbonyl (C=O) groups is 1. The van der Waals surface area contributed by atoms with Gasteiger partial charge in [0, 0.05) is 37.6 Å². The third-order valence-corrected chi connectivity index (χ3v) is 8.34. The second kappa shape index (κ2) is 10.3. The molecule has 1 heterocycles. The summed E-state index contributed by atoms with van der Waals surface area (Å²) in [5, 5.41) is 3.18. The van der Waals surface area contributed by atoms with Crippen molar-refractivity contribution in [2.45, 2.75) is 81.6 Å². The molecule has 2 fully saturated rings. The summed E-state index contributed by atoms with van der Waals surface area (Å²) >= 11 is 0. The van der Waals surface area contributed by atoms with E-state index in [4.69, 9.17) is 0 Å². The summed E-state index contributed by atoms with van der Waals surface area (Å²) < 4.78 is 67.8. The van der Waals surface area contributed by atoms with E-state index in [9.17, 15) is 26.4 Å². The highest BCUT2D eigenvalue weighted by Crippen LogP contribution is 2.38. The molecule has 1 saturated heterocycles. The second-order valence-corrected chi connectivity index (χ2v) is 11.4. The van der Waals surface area contributed by atoms with Gasteiger partial charge in [0.05, 0.1) is 10.5 Å². The Balaban J connectivity index is 1.79. The Morgan fingerprint density at radius 2 is 1.91 bits per heavy atom. The molecule has 33 heavy (non-hydrogen) atoms. The number of sulfonamides is 1. The van der Waals surface area contributed by atoms with Crippen molar-refractivity contribution in [1.29, 1.82) is 0 Å². The van der Waals surface area contributed by atoms with E-state index in [2.05, 4.69) is 19.2 Å². The van der Waals surface area contributed by atoms with E-state index >= 15 is 0 Å². The number of likely N-dealkylation sites (tertiary alicyclic amines) is 1. The summed E-state index contributed by atoms with van der Waals surface area (Å²) in [6.07, 6.45) is -0.823. The number of hydrogen-bond donors (Lipinski definition) is 1. The number of amides is 1. The van der Waals surface area contributed by atoms with Crippen LogP contribution in [0.3, 0.4) is 0 Å².